The van der Waals surface area contributed by atoms with Crippen molar-refractivity contribution >= 4 is 28.1 Å². The van der Waals surface area contributed by atoms with Gasteiger partial charge in [-0.2, -0.15) is 0 Å². The summed E-state index contributed by atoms with van der Waals surface area (Å²) in [6, 6.07) is 59.6. The van der Waals surface area contributed by atoms with Gasteiger partial charge in [0.15, 0.2) is 5.13 Å². The molecule has 0 aliphatic heterocycles. The lowest BCUT2D eigenvalue weighted by molar-refractivity contribution is -0.129. The van der Waals surface area contributed by atoms with E-state index in [4.69, 9.17) is 9.82 Å². The van der Waals surface area contributed by atoms with Gasteiger partial charge in [-0.05, 0) is 36.3 Å². The second-order valence-corrected chi connectivity index (χ2v) is 14.1. The molecule has 288 valence electrons. The molecule has 7 nitrogen and oxygen atoms in total. The molecule has 7 rings (SSSR count). The SMILES string of the molecule is CCN(CC)CC.O=C(O)/C(=N\OC(c1ccccc1)(c1ccccc1)c1ccccc1)c1csc(NC(c2ccccc2)(c2ccccc2)c2ccccc2)n1. The Labute approximate surface area is 340 Å². The number of hydrogen-bond acceptors (Lipinski definition) is 7. The number of rotatable bonds is 15. The Morgan fingerprint density at radius 1 is 0.596 bits per heavy atom. The summed E-state index contributed by atoms with van der Waals surface area (Å²) in [5.74, 6) is -1.26. The van der Waals surface area contributed by atoms with Crippen LogP contribution in [0.1, 0.15) is 59.8 Å². The fourth-order valence-corrected chi connectivity index (χ4v) is 7.79. The Hall–Kier alpha value is -6.35. The van der Waals surface area contributed by atoms with Crippen LogP contribution in [-0.2, 0) is 20.8 Å². The third-order valence-electron chi connectivity index (χ3n) is 10.0. The van der Waals surface area contributed by atoms with Crippen molar-refractivity contribution in [3.8, 4) is 0 Å². The molecule has 2 N–H and O–H groups in total. The first kappa shape index (κ1) is 40.3. The van der Waals surface area contributed by atoms with Gasteiger partial charge in [-0.1, -0.05) is 208 Å². The average molecular weight is 773 g/mol. The van der Waals surface area contributed by atoms with Crippen LogP contribution in [0.5, 0.6) is 0 Å². The van der Waals surface area contributed by atoms with Gasteiger partial charge in [0.25, 0.3) is 0 Å². The van der Waals surface area contributed by atoms with Crippen molar-refractivity contribution in [1.82, 2.24) is 9.88 Å². The van der Waals surface area contributed by atoms with E-state index >= 15 is 0 Å². The topological polar surface area (TPSA) is 87.1 Å². The van der Waals surface area contributed by atoms with Crippen LogP contribution in [0, 0.1) is 0 Å². The molecule has 0 saturated heterocycles. The van der Waals surface area contributed by atoms with Gasteiger partial charge in [-0.3, -0.25) is 0 Å². The lowest BCUT2D eigenvalue weighted by Crippen LogP contribution is -2.38. The van der Waals surface area contributed by atoms with E-state index in [1.54, 1.807) is 5.38 Å². The number of carboxylic acids is 1. The molecule has 6 aromatic carbocycles. The Bertz CT molecular complexity index is 2080. The summed E-state index contributed by atoms with van der Waals surface area (Å²) >= 11 is 1.31. The van der Waals surface area contributed by atoms with Crippen LogP contribution in [0.3, 0.4) is 0 Å². The van der Waals surface area contributed by atoms with E-state index in [2.05, 4.69) is 72.5 Å². The zero-order valence-electron chi connectivity index (χ0n) is 32.5. The summed E-state index contributed by atoms with van der Waals surface area (Å²) in [6.45, 7) is 10.1. The first-order chi connectivity index (χ1) is 28.0. The Morgan fingerprint density at radius 2 is 0.930 bits per heavy atom. The summed E-state index contributed by atoms with van der Waals surface area (Å²) in [5.41, 5.74) is 3.18. The second-order valence-electron chi connectivity index (χ2n) is 13.2. The van der Waals surface area contributed by atoms with Gasteiger partial charge in [0.2, 0.25) is 11.3 Å². The van der Waals surface area contributed by atoms with Crippen LogP contribution in [0.25, 0.3) is 0 Å². The normalized spacial score (nSPS) is 11.7. The minimum Gasteiger partial charge on any atom is -0.476 e. The summed E-state index contributed by atoms with van der Waals surface area (Å²) in [6.07, 6.45) is 0. The van der Waals surface area contributed by atoms with Gasteiger partial charge in [-0.15, -0.1) is 11.3 Å². The van der Waals surface area contributed by atoms with Gasteiger partial charge in [-0.25, -0.2) is 9.78 Å². The van der Waals surface area contributed by atoms with E-state index in [1.165, 1.54) is 31.0 Å². The number of thiazole rings is 1. The molecule has 1 heterocycles. The van der Waals surface area contributed by atoms with E-state index in [-0.39, 0.29) is 11.4 Å². The van der Waals surface area contributed by atoms with Gasteiger partial charge in [0, 0.05) is 22.1 Å². The minimum atomic E-state index is -1.26. The molecule has 0 atom stereocenters. The number of carboxylic acid groups (broad SMARTS) is 1. The largest absolute Gasteiger partial charge is 0.476 e. The number of nitrogens with zero attached hydrogens (tertiary/aromatic N) is 3. The van der Waals surface area contributed by atoms with Gasteiger partial charge < -0.3 is 20.2 Å². The van der Waals surface area contributed by atoms with E-state index in [9.17, 15) is 9.90 Å². The highest BCUT2D eigenvalue weighted by molar-refractivity contribution is 7.14. The molecular weight excluding hydrogens is 725 g/mol. The predicted octanol–water partition coefficient (Wildman–Crippen LogP) is 10.7. The van der Waals surface area contributed by atoms with Crippen molar-refractivity contribution in [2.24, 2.45) is 5.16 Å². The molecule has 57 heavy (non-hydrogen) atoms. The summed E-state index contributed by atoms with van der Waals surface area (Å²) in [7, 11) is 0. The van der Waals surface area contributed by atoms with E-state index in [0.29, 0.717) is 5.13 Å². The molecule has 0 saturated carbocycles. The van der Waals surface area contributed by atoms with Crippen molar-refractivity contribution in [1.29, 1.82) is 0 Å². The van der Waals surface area contributed by atoms with Crippen LogP contribution >= 0.6 is 11.3 Å². The van der Waals surface area contributed by atoms with Crippen LogP contribution < -0.4 is 5.32 Å². The Balaban J connectivity index is 0.000000719. The monoisotopic (exact) mass is 772 g/mol. The van der Waals surface area contributed by atoms with Crippen LogP contribution in [0.2, 0.25) is 0 Å². The van der Waals surface area contributed by atoms with Gasteiger partial charge in [0.05, 0.1) is 0 Å². The Morgan fingerprint density at radius 3 is 1.23 bits per heavy atom. The maximum atomic E-state index is 12.9. The zero-order chi connectivity index (χ0) is 39.9. The molecule has 1 aromatic heterocycles. The number of nitrogens with one attached hydrogen (secondary N) is 1. The number of hydrogen-bond donors (Lipinski definition) is 2. The average Bonchev–Trinajstić information content (AvgIpc) is 3.74. The Kier molecular flexibility index (Phi) is 13.8. The molecule has 0 spiro atoms. The molecular formula is C49H48N4O3S. The fraction of sp³-hybridized carbons (Fsp3) is 0.163. The van der Waals surface area contributed by atoms with Crippen molar-refractivity contribution < 1.29 is 14.7 Å². The quantitative estimate of drug-likeness (QED) is 0.0613. The number of anilines is 1. The predicted molar refractivity (Wildman–Crippen MR) is 233 cm³/mol. The third kappa shape index (κ3) is 9.04. The number of carbonyl (C=O) groups is 1. The van der Waals surface area contributed by atoms with Crippen LogP contribution in [0.15, 0.2) is 193 Å². The summed E-state index contributed by atoms with van der Waals surface area (Å²) in [5, 5.41) is 20.9. The van der Waals surface area contributed by atoms with Crippen molar-refractivity contribution in [3.05, 3.63) is 226 Å². The molecule has 7 aromatic rings. The highest BCUT2D eigenvalue weighted by atomic mass is 32.1. The molecule has 0 fully saturated rings. The fourth-order valence-electron chi connectivity index (χ4n) is 7.04. The zero-order valence-corrected chi connectivity index (χ0v) is 33.3. The summed E-state index contributed by atoms with van der Waals surface area (Å²) < 4.78 is 0. The first-order valence-electron chi connectivity index (χ1n) is 19.2. The standard InChI is InChI=1S/C43H33N3O3S.C6H15N/c47-40(48)39(46-49-43(35-25-13-4-14-26-35,36-27-15-5-16-28-36)37-29-17-6-18-30-37)38-31-50-41(44-38)45-42(32-19-7-1-8-20-32,33-21-9-2-10-22-33)34-23-11-3-12-24-34;1-4-7(5-2)6-3/h1-31H,(H,44,45)(H,47,48);4-6H2,1-3H3/b46-39-;. The molecule has 8 heteroatoms. The lowest BCUT2D eigenvalue weighted by Gasteiger charge is -2.36. The summed E-state index contributed by atoms with van der Waals surface area (Å²) in [4.78, 5) is 26.7. The molecule has 0 radical (unpaired) electrons. The van der Waals surface area contributed by atoms with Crippen molar-refractivity contribution in [3.63, 3.8) is 0 Å². The van der Waals surface area contributed by atoms with Crippen molar-refractivity contribution in [2.45, 2.75) is 31.9 Å². The number of aromatic nitrogens is 1. The molecule has 0 aliphatic carbocycles. The van der Waals surface area contributed by atoms with Crippen LogP contribution in [-0.4, -0.2) is 46.3 Å². The lowest BCUT2D eigenvalue weighted by atomic mass is 9.77. The van der Waals surface area contributed by atoms with E-state index in [0.717, 1.165) is 33.4 Å². The second kappa shape index (κ2) is 19.5. The number of benzene rings is 6. The number of oxime groups is 1. The van der Waals surface area contributed by atoms with E-state index in [1.807, 2.05) is 146 Å². The maximum absolute atomic E-state index is 12.9. The van der Waals surface area contributed by atoms with Crippen LogP contribution in [0.4, 0.5) is 5.13 Å². The van der Waals surface area contributed by atoms with Gasteiger partial charge in [0.1, 0.15) is 11.2 Å². The highest BCUT2D eigenvalue weighted by Gasteiger charge is 2.41. The maximum Gasteiger partial charge on any atom is 0.360 e. The molecule has 0 aliphatic rings. The minimum absolute atomic E-state index is 0.177. The van der Waals surface area contributed by atoms with Crippen molar-refractivity contribution in [2.75, 3.05) is 25.0 Å². The molecule has 0 amide bonds. The molecule has 0 unspecified atom stereocenters. The first-order valence-corrected chi connectivity index (χ1v) is 20.1. The third-order valence-corrected chi connectivity index (χ3v) is 10.8. The van der Waals surface area contributed by atoms with E-state index < -0.39 is 17.1 Å². The highest BCUT2D eigenvalue weighted by Crippen LogP contribution is 2.42. The van der Waals surface area contributed by atoms with Gasteiger partial charge >= 0.3 is 5.97 Å². The smallest absolute Gasteiger partial charge is 0.360 e. The molecule has 0 bridgehead atoms. The number of aliphatic carboxylic acids is 1.